The van der Waals surface area contributed by atoms with E-state index in [-0.39, 0.29) is 16.8 Å². The van der Waals surface area contributed by atoms with Crippen LogP contribution in [0.25, 0.3) is 0 Å². The Morgan fingerprint density at radius 3 is 2.47 bits per heavy atom. The molecule has 0 saturated heterocycles. The maximum absolute atomic E-state index is 11.7. The van der Waals surface area contributed by atoms with E-state index in [0.29, 0.717) is 5.56 Å². The largest absolute Gasteiger partial charge is 0.481 e. The van der Waals surface area contributed by atoms with E-state index in [1.807, 2.05) is 6.07 Å². The molecule has 0 aliphatic rings. The minimum atomic E-state index is -0.896. The standard InChI is InChI=1S/C11H12O3S/c1-8(15-7-10(12)13)11(14)9-5-3-2-4-6-9/h2-6,8H,7H2,1H3,(H,12,13). The van der Waals surface area contributed by atoms with E-state index in [4.69, 9.17) is 5.11 Å². The summed E-state index contributed by atoms with van der Waals surface area (Å²) in [5.74, 6) is -0.964. The molecule has 0 bridgehead atoms. The van der Waals surface area contributed by atoms with Gasteiger partial charge in [-0.25, -0.2) is 0 Å². The summed E-state index contributed by atoms with van der Waals surface area (Å²) in [6.07, 6.45) is 0. The molecular weight excluding hydrogens is 212 g/mol. The highest BCUT2D eigenvalue weighted by Gasteiger charge is 2.16. The highest BCUT2D eigenvalue weighted by Crippen LogP contribution is 2.15. The molecule has 1 rings (SSSR count). The second kappa shape index (κ2) is 5.56. The van der Waals surface area contributed by atoms with Crippen LogP contribution in [0.1, 0.15) is 17.3 Å². The third-order valence-electron chi connectivity index (χ3n) is 1.88. The zero-order chi connectivity index (χ0) is 11.3. The van der Waals surface area contributed by atoms with Gasteiger partial charge in [0.15, 0.2) is 5.78 Å². The van der Waals surface area contributed by atoms with E-state index >= 15 is 0 Å². The molecule has 0 aliphatic carbocycles. The second-order valence-electron chi connectivity index (χ2n) is 3.08. The number of carbonyl (C=O) groups excluding carboxylic acids is 1. The van der Waals surface area contributed by atoms with Gasteiger partial charge in [-0.15, -0.1) is 11.8 Å². The van der Waals surface area contributed by atoms with E-state index < -0.39 is 5.97 Å². The molecule has 0 amide bonds. The fourth-order valence-corrected chi connectivity index (χ4v) is 1.79. The first-order chi connectivity index (χ1) is 7.11. The van der Waals surface area contributed by atoms with Crippen LogP contribution in [0.3, 0.4) is 0 Å². The number of carboxylic acids is 1. The third-order valence-corrected chi connectivity index (χ3v) is 3.01. The molecule has 0 spiro atoms. The Balaban J connectivity index is 2.57. The summed E-state index contributed by atoms with van der Waals surface area (Å²) in [6.45, 7) is 1.73. The number of rotatable bonds is 5. The van der Waals surface area contributed by atoms with Gasteiger partial charge in [0, 0.05) is 5.56 Å². The molecule has 4 heteroatoms. The van der Waals surface area contributed by atoms with Crippen LogP contribution in [-0.4, -0.2) is 27.9 Å². The van der Waals surface area contributed by atoms with E-state index in [9.17, 15) is 9.59 Å². The molecule has 1 unspecified atom stereocenters. The summed E-state index contributed by atoms with van der Waals surface area (Å²) < 4.78 is 0. The zero-order valence-electron chi connectivity index (χ0n) is 8.34. The Hall–Kier alpha value is -1.29. The van der Waals surface area contributed by atoms with Gasteiger partial charge in [0.05, 0.1) is 11.0 Å². The molecule has 0 aliphatic heterocycles. The van der Waals surface area contributed by atoms with Crippen molar-refractivity contribution in [3.05, 3.63) is 35.9 Å². The number of thioether (sulfide) groups is 1. The van der Waals surface area contributed by atoms with Crippen LogP contribution >= 0.6 is 11.8 Å². The van der Waals surface area contributed by atoms with Gasteiger partial charge in [0.1, 0.15) is 0 Å². The predicted octanol–water partition coefficient (Wildman–Crippen LogP) is 2.08. The number of benzene rings is 1. The Morgan fingerprint density at radius 2 is 1.93 bits per heavy atom. The molecule has 3 nitrogen and oxygen atoms in total. The quantitative estimate of drug-likeness (QED) is 0.778. The third kappa shape index (κ3) is 3.75. The molecular formula is C11H12O3S. The number of Topliss-reactive ketones (excluding diaryl/α,β-unsaturated/α-hetero) is 1. The molecule has 80 valence electrons. The molecule has 0 radical (unpaired) electrons. The predicted molar refractivity (Wildman–Crippen MR) is 60.3 cm³/mol. The maximum Gasteiger partial charge on any atom is 0.313 e. The van der Waals surface area contributed by atoms with Crippen LogP contribution in [0.4, 0.5) is 0 Å². The van der Waals surface area contributed by atoms with Gasteiger partial charge in [-0.2, -0.15) is 0 Å². The van der Waals surface area contributed by atoms with Crippen molar-refractivity contribution >= 4 is 23.5 Å². The van der Waals surface area contributed by atoms with Crippen molar-refractivity contribution in [1.29, 1.82) is 0 Å². The number of hydrogen-bond donors (Lipinski definition) is 1. The summed E-state index contributed by atoms with van der Waals surface area (Å²) >= 11 is 1.14. The lowest BCUT2D eigenvalue weighted by Gasteiger charge is -2.08. The van der Waals surface area contributed by atoms with Crippen LogP contribution in [-0.2, 0) is 4.79 Å². The summed E-state index contributed by atoms with van der Waals surface area (Å²) in [7, 11) is 0. The fourth-order valence-electron chi connectivity index (χ4n) is 1.11. The first-order valence-electron chi connectivity index (χ1n) is 4.54. The summed E-state index contributed by atoms with van der Waals surface area (Å²) in [5.41, 5.74) is 0.628. The van der Waals surface area contributed by atoms with Crippen molar-refractivity contribution in [2.45, 2.75) is 12.2 Å². The first kappa shape index (κ1) is 11.8. The minimum Gasteiger partial charge on any atom is -0.481 e. The molecule has 0 saturated carbocycles. The topological polar surface area (TPSA) is 54.4 Å². The molecule has 0 fully saturated rings. The van der Waals surface area contributed by atoms with Crippen molar-refractivity contribution in [2.75, 3.05) is 5.75 Å². The van der Waals surface area contributed by atoms with Crippen LogP contribution in [0.5, 0.6) is 0 Å². The van der Waals surface area contributed by atoms with Crippen LogP contribution in [0.2, 0.25) is 0 Å². The lowest BCUT2D eigenvalue weighted by atomic mass is 10.1. The van der Waals surface area contributed by atoms with Gasteiger partial charge in [-0.1, -0.05) is 30.3 Å². The van der Waals surface area contributed by atoms with E-state index in [0.717, 1.165) is 11.8 Å². The minimum absolute atomic E-state index is 0.0261. The molecule has 1 atom stereocenters. The lowest BCUT2D eigenvalue weighted by Crippen LogP contribution is -2.15. The lowest BCUT2D eigenvalue weighted by molar-refractivity contribution is -0.133. The molecule has 15 heavy (non-hydrogen) atoms. The molecule has 0 aromatic heterocycles. The number of carboxylic acid groups (broad SMARTS) is 1. The van der Waals surface area contributed by atoms with Gasteiger partial charge in [-0.05, 0) is 6.92 Å². The highest BCUT2D eigenvalue weighted by molar-refractivity contribution is 8.01. The Labute approximate surface area is 92.5 Å². The fraction of sp³-hybridized carbons (Fsp3) is 0.273. The normalized spacial score (nSPS) is 12.1. The Bertz CT molecular complexity index is 348. The summed E-state index contributed by atoms with van der Waals surface area (Å²) in [5, 5.41) is 8.17. The average Bonchev–Trinajstić information content (AvgIpc) is 2.26. The number of ketones is 1. The Kier molecular flexibility index (Phi) is 4.37. The zero-order valence-corrected chi connectivity index (χ0v) is 9.16. The smallest absolute Gasteiger partial charge is 0.313 e. The van der Waals surface area contributed by atoms with Gasteiger partial charge in [-0.3, -0.25) is 9.59 Å². The van der Waals surface area contributed by atoms with Crippen molar-refractivity contribution in [3.63, 3.8) is 0 Å². The monoisotopic (exact) mass is 224 g/mol. The molecule has 1 N–H and O–H groups in total. The summed E-state index contributed by atoms with van der Waals surface area (Å²) in [4.78, 5) is 22.1. The SMILES string of the molecule is CC(SCC(=O)O)C(=O)c1ccccc1. The molecule has 0 heterocycles. The second-order valence-corrected chi connectivity index (χ2v) is 4.41. The van der Waals surface area contributed by atoms with Gasteiger partial charge in [0.25, 0.3) is 0 Å². The van der Waals surface area contributed by atoms with E-state index in [2.05, 4.69) is 0 Å². The Morgan fingerprint density at radius 1 is 1.33 bits per heavy atom. The number of carbonyl (C=O) groups is 2. The van der Waals surface area contributed by atoms with Gasteiger partial charge in [0.2, 0.25) is 0 Å². The first-order valence-corrected chi connectivity index (χ1v) is 5.59. The average molecular weight is 224 g/mol. The van der Waals surface area contributed by atoms with Crippen molar-refractivity contribution in [2.24, 2.45) is 0 Å². The van der Waals surface area contributed by atoms with Gasteiger partial charge >= 0.3 is 5.97 Å². The summed E-state index contributed by atoms with van der Waals surface area (Å²) in [6, 6.07) is 8.90. The number of aliphatic carboxylic acids is 1. The number of hydrogen-bond acceptors (Lipinski definition) is 3. The molecule has 1 aromatic carbocycles. The van der Waals surface area contributed by atoms with E-state index in [1.165, 1.54) is 0 Å². The maximum atomic E-state index is 11.7. The van der Waals surface area contributed by atoms with Crippen molar-refractivity contribution < 1.29 is 14.7 Å². The van der Waals surface area contributed by atoms with Gasteiger partial charge < -0.3 is 5.11 Å². The van der Waals surface area contributed by atoms with Crippen LogP contribution in [0.15, 0.2) is 30.3 Å². The van der Waals surface area contributed by atoms with E-state index in [1.54, 1.807) is 31.2 Å². The van der Waals surface area contributed by atoms with Crippen LogP contribution in [0, 0.1) is 0 Å². The molecule has 1 aromatic rings. The van der Waals surface area contributed by atoms with Crippen molar-refractivity contribution in [3.8, 4) is 0 Å². The highest BCUT2D eigenvalue weighted by atomic mass is 32.2. The van der Waals surface area contributed by atoms with Crippen molar-refractivity contribution in [1.82, 2.24) is 0 Å². The van der Waals surface area contributed by atoms with Crippen LogP contribution < -0.4 is 0 Å².